The van der Waals surface area contributed by atoms with Gasteiger partial charge in [-0.15, -0.1) is 4.83 Å². The molecule has 0 radical (unpaired) electrons. The molecule has 0 spiro atoms. The van der Waals surface area contributed by atoms with E-state index in [1.807, 2.05) is 10.3 Å². The van der Waals surface area contributed by atoms with Crippen LogP contribution in [-0.4, -0.2) is 31.7 Å². The standard InChI is InChI=1S/C5H11N3O3S/c1-5(9)6-7-12(10,11)8-3-2-4-8/h7H,2-4H2,1H3,(H,6,9). The number of carbonyl (C=O) groups excluding carboxylic acids is 1. The molecule has 1 rings (SSSR count). The molecule has 0 aromatic heterocycles. The number of hydrogen-bond acceptors (Lipinski definition) is 3. The predicted octanol–water partition coefficient (Wildman–Crippen LogP) is -1.42. The zero-order chi connectivity index (χ0) is 9.19. The summed E-state index contributed by atoms with van der Waals surface area (Å²) < 4.78 is 23.5. The second kappa shape index (κ2) is 3.38. The van der Waals surface area contributed by atoms with Gasteiger partial charge < -0.3 is 0 Å². The molecule has 2 N–H and O–H groups in total. The Morgan fingerprint density at radius 2 is 2.00 bits per heavy atom. The van der Waals surface area contributed by atoms with Gasteiger partial charge in [0, 0.05) is 20.0 Å². The maximum absolute atomic E-state index is 11.1. The first kappa shape index (κ1) is 9.43. The summed E-state index contributed by atoms with van der Waals surface area (Å²) in [6.07, 6.45) is 0.876. The molecule has 12 heavy (non-hydrogen) atoms. The predicted molar refractivity (Wildman–Crippen MR) is 42.1 cm³/mol. The van der Waals surface area contributed by atoms with Gasteiger partial charge in [-0.25, -0.2) is 0 Å². The lowest BCUT2D eigenvalue weighted by molar-refractivity contribution is -0.119. The monoisotopic (exact) mass is 193 g/mol. The lowest BCUT2D eigenvalue weighted by atomic mass is 10.3. The lowest BCUT2D eigenvalue weighted by Gasteiger charge is -2.29. The number of rotatable bonds is 3. The summed E-state index contributed by atoms with van der Waals surface area (Å²) in [5.74, 6) is -0.431. The van der Waals surface area contributed by atoms with Crippen LogP contribution in [0.15, 0.2) is 0 Å². The molecule has 6 nitrogen and oxygen atoms in total. The van der Waals surface area contributed by atoms with Crippen LogP contribution in [0.5, 0.6) is 0 Å². The molecule has 0 aliphatic carbocycles. The fourth-order valence-electron chi connectivity index (χ4n) is 0.728. The summed E-state index contributed by atoms with van der Waals surface area (Å²) in [5, 5.41) is 0. The number of amides is 1. The molecule has 0 atom stereocenters. The van der Waals surface area contributed by atoms with Crippen molar-refractivity contribution in [1.82, 2.24) is 14.6 Å². The Morgan fingerprint density at radius 1 is 1.42 bits per heavy atom. The highest BCUT2D eigenvalue weighted by Crippen LogP contribution is 2.09. The molecule has 0 aromatic rings. The third-order valence-electron chi connectivity index (χ3n) is 1.51. The number of carbonyl (C=O) groups is 1. The summed E-state index contributed by atoms with van der Waals surface area (Å²) in [7, 11) is -3.47. The topological polar surface area (TPSA) is 78.5 Å². The van der Waals surface area contributed by atoms with Crippen LogP contribution < -0.4 is 10.3 Å². The van der Waals surface area contributed by atoms with Gasteiger partial charge in [0.25, 0.3) is 10.2 Å². The van der Waals surface area contributed by atoms with Crippen LogP contribution in [-0.2, 0) is 15.0 Å². The van der Waals surface area contributed by atoms with Crippen LogP contribution in [0.3, 0.4) is 0 Å². The quantitative estimate of drug-likeness (QED) is 0.540. The van der Waals surface area contributed by atoms with Crippen molar-refractivity contribution in [2.45, 2.75) is 13.3 Å². The molecule has 0 aromatic carbocycles. The average Bonchev–Trinajstić information content (AvgIpc) is 1.78. The van der Waals surface area contributed by atoms with E-state index in [0.717, 1.165) is 6.42 Å². The zero-order valence-corrected chi connectivity index (χ0v) is 7.52. The molecule has 0 bridgehead atoms. The molecule has 0 saturated carbocycles. The zero-order valence-electron chi connectivity index (χ0n) is 6.70. The van der Waals surface area contributed by atoms with E-state index in [9.17, 15) is 13.2 Å². The molecule has 1 amide bonds. The van der Waals surface area contributed by atoms with Gasteiger partial charge in [0.2, 0.25) is 5.91 Å². The second-order valence-electron chi connectivity index (χ2n) is 2.54. The SMILES string of the molecule is CC(=O)NNS(=O)(=O)N1CCC1. The molecule has 1 aliphatic heterocycles. The Bertz CT molecular complexity index is 270. The highest BCUT2D eigenvalue weighted by molar-refractivity contribution is 7.87. The van der Waals surface area contributed by atoms with Gasteiger partial charge in [0.1, 0.15) is 0 Å². The highest BCUT2D eigenvalue weighted by Gasteiger charge is 2.27. The van der Waals surface area contributed by atoms with Crippen molar-refractivity contribution in [2.75, 3.05) is 13.1 Å². The summed E-state index contributed by atoms with van der Waals surface area (Å²) in [6.45, 7) is 2.28. The lowest BCUT2D eigenvalue weighted by Crippen LogP contribution is -2.53. The van der Waals surface area contributed by atoms with Gasteiger partial charge in [-0.1, -0.05) is 0 Å². The van der Waals surface area contributed by atoms with Crippen molar-refractivity contribution in [2.24, 2.45) is 0 Å². The molecule has 1 saturated heterocycles. The largest absolute Gasteiger partial charge is 0.296 e. The summed E-state index contributed by atoms with van der Waals surface area (Å²) >= 11 is 0. The molecule has 1 fully saturated rings. The van der Waals surface area contributed by atoms with E-state index in [4.69, 9.17) is 0 Å². The molecule has 70 valence electrons. The van der Waals surface area contributed by atoms with Crippen LogP contribution in [0.4, 0.5) is 0 Å². The van der Waals surface area contributed by atoms with Crippen molar-refractivity contribution < 1.29 is 13.2 Å². The van der Waals surface area contributed by atoms with Gasteiger partial charge in [0.05, 0.1) is 0 Å². The van der Waals surface area contributed by atoms with E-state index >= 15 is 0 Å². The molecular formula is C5H11N3O3S. The van der Waals surface area contributed by atoms with Gasteiger partial charge in [-0.2, -0.15) is 12.7 Å². The van der Waals surface area contributed by atoms with E-state index in [-0.39, 0.29) is 0 Å². The first-order valence-electron chi connectivity index (χ1n) is 3.56. The maximum Gasteiger partial charge on any atom is 0.296 e. The number of nitrogens with zero attached hydrogens (tertiary/aromatic N) is 1. The molecule has 0 unspecified atom stereocenters. The summed E-state index contributed by atoms with van der Waals surface area (Å²) in [4.78, 5) is 12.3. The Kier molecular flexibility index (Phi) is 2.65. The van der Waals surface area contributed by atoms with Gasteiger partial charge >= 0.3 is 0 Å². The third-order valence-corrected chi connectivity index (χ3v) is 2.92. The Hall–Kier alpha value is -0.660. The van der Waals surface area contributed by atoms with E-state index in [2.05, 4.69) is 0 Å². The molecule has 7 heteroatoms. The van der Waals surface area contributed by atoms with Crippen molar-refractivity contribution in [1.29, 1.82) is 0 Å². The highest BCUT2D eigenvalue weighted by atomic mass is 32.2. The number of nitrogens with one attached hydrogen (secondary N) is 2. The minimum Gasteiger partial charge on any atom is -0.277 e. The van der Waals surface area contributed by atoms with Crippen molar-refractivity contribution in [3.63, 3.8) is 0 Å². The Labute approximate surface area is 71.1 Å². The second-order valence-corrected chi connectivity index (χ2v) is 4.21. The molecule has 1 aliphatic rings. The van der Waals surface area contributed by atoms with E-state index in [0.29, 0.717) is 13.1 Å². The summed E-state index contributed by atoms with van der Waals surface area (Å²) in [6, 6.07) is 0. The first-order valence-corrected chi connectivity index (χ1v) is 5.00. The van der Waals surface area contributed by atoms with E-state index in [1.54, 1.807) is 0 Å². The summed E-state index contributed by atoms with van der Waals surface area (Å²) in [5.41, 5.74) is 2.02. The Morgan fingerprint density at radius 3 is 2.33 bits per heavy atom. The van der Waals surface area contributed by atoms with Gasteiger partial charge in [0.15, 0.2) is 0 Å². The first-order chi connectivity index (χ1) is 5.52. The van der Waals surface area contributed by atoms with Crippen LogP contribution >= 0.6 is 0 Å². The van der Waals surface area contributed by atoms with E-state index in [1.165, 1.54) is 11.2 Å². The number of hydrogen-bond donors (Lipinski definition) is 2. The van der Waals surface area contributed by atoms with Crippen LogP contribution in [0.2, 0.25) is 0 Å². The van der Waals surface area contributed by atoms with Crippen molar-refractivity contribution >= 4 is 16.1 Å². The minimum atomic E-state index is -3.47. The van der Waals surface area contributed by atoms with Gasteiger partial charge in [-0.3, -0.25) is 10.2 Å². The fraction of sp³-hybridized carbons (Fsp3) is 0.800. The third kappa shape index (κ3) is 2.16. The normalized spacial score (nSPS) is 18.4. The fourth-order valence-corrected chi connectivity index (χ4v) is 1.87. The molecule has 1 heterocycles. The average molecular weight is 193 g/mol. The van der Waals surface area contributed by atoms with Crippen molar-refractivity contribution in [3.05, 3.63) is 0 Å². The van der Waals surface area contributed by atoms with Gasteiger partial charge in [-0.05, 0) is 6.42 Å². The van der Waals surface area contributed by atoms with Crippen LogP contribution in [0.1, 0.15) is 13.3 Å². The number of hydrazine groups is 1. The van der Waals surface area contributed by atoms with Crippen molar-refractivity contribution in [3.8, 4) is 0 Å². The van der Waals surface area contributed by atoms with Crippen LogP contribution in [0, 0.1) is 0 Å². The smallest absolute Gasteiger partial charge is 0.277 e. The Balaban J connectivity index is 2.43. The maximum atomic E-state index is 11.1. The van der Waals surface area contributed by atoms with E-state index < -0.39 is 16.1 Å². The molecular weight excluding hydrogens is 182 g/mol. The minimum absolute atomic E-state index is 0.431. The van der Waals surface area contributed by atoms with Crippen LogP contribution in [0.25, 0.3) is 0 Å².